The van der Waals surface area contributed by atoms with E-state index in [1.165, 1.54) is 25.7 Å². The van der Waals surface area contributed by atoms with Crippen molar-refractivity contribution in [2.24, 2.45) is 10.8 Å². The molecule has 3 aliphatic rings. The highest BCUT2D eigenvalue weighted by Gasteiger charge is 2.57. The van der Waals surface area contributed by atoms with E-state index in [0.29, 0.717) is 16.6 Å². The molecule has 70 valence electrons. The molecular weight excluding hydrogens is 160 g/mol. The van der Waals surface area contributed by atoms with E-state index in [1.807, 2.05) is 0 Å². The van der Waals surface area contributed by atoms with E-state index in [2.05, 4.69) is 12.2 Å². The van der Waals surface area contributed by atoms with Crippen molar-refractivity contribution in [1.29, 1.82) is 0 Å². The molecule has 0 amide bonds. The summed E-state index contributed by atoms with van der Waals surface area (Å²) >= 11 is 0. The number of carbonyl (C=O) groups excluding carboxylic acids is 1. The van der Waals surface area contributed by atoms with E-state index in [-0.39, 0.29) is 0 Å². The van der Waals surface area contributed by atoms with E-state index >= 15 is 0 Å². The van der Waals surface area contributed by atoms with Gasteiger partial charge in [0.2, 0.25) is 0 Å². The van der Waals surface area contributed by atoms with Gasteiger partial charge in [0.15, 0.2) is 0 Å². The monoisotopic (exact) mass is 176 g/mol. The number of ketones is 1. The summed E-state index contributed by atoms with van der Waals surface area (Å²) in [6.45, 7) is 0. The number of hydrogen-bond donors (Lipinski definition) is 0. The van der Waals surface area contributed by atoms with Crippen LogP contribution in [0.15, 0.2) is 12.2 Å². The fraction of sp³-hybridized carbons (Fsp3) is 0.750. The minimum atomic E-state index is 0.334. The maximum Gasteiger partial charge on any atom is 0.133 e. The summed E-state index contributed by atoms with van der Waals surface area (Å²) in [5.74, 6) is 0.502. The maximum absolute atomic E-state index is 11.5. The highest BCUT2D eigenvalue weighted by atomic mass is 16.1. The Kier molecular flexibility index (Phi) is 1.35. The van der Waals surface area contributed by atoms with Gasteiger partial charge in [-0.15, -0.1) is 0 Å². The van der Waals surface area contributed by atoms with Crippen molar-refractivity contribution in [1.82, 2.24) is 0 Å². The van der Waals surface area contributed by atoms with Crippen LogP contribution in [-0.2, 0) is 4.79 Å². The van der Waals surface area contributed by atoms with Crippen molar-refractivity contribution in [2.75, 3.05) is 0 Å². The van der Waals surface area contributed by atoms with Gasteiger partial charge in [-0.05, 0) is 24.7 Å². The van der Waals surface area contributed by atoms with Gasteiger partial charge in [0.05, 0.1) is 0 Å². The minimum absolute atomic E-state index is 0.334. The Balaban J connectivity index is 1.99. The Morgan fingerprint density at radius 2 is 1.69 bits per heavy atom. The second kappa shape index (κ2) is 2.26. The molecule has 0 bridgehead atoms. The third-order valence-corrected chi connectivity index (χ3v) is 4.57. The maximum atomic E-state index is 11.5. The van der Waals surface area contributed by atoms with Gasteiger partial charge in [-0.2, -0.15) is 0 Å². The average molecular weight is 176 g/mol. The zero-order valence-electron chi connectivity index (χ0n) is 8.01. The molecule has 0 aromatic carbocycles. The molecule has 3 aliphatic carbocycles. The van der Waals surface area contributed by atoms with Crippen LogP contribution in [0, 0.1) is 10.8 Å². The molecule has 0 N–H and O–H groups in total. The van der Waals surface area contributed by atoms with Crippen LogP contribution in [-0.4, -0.2) is 5.78 Å². The van der Waals surface area contributed by atoms with Crippen LogP contribution < -0.4 is 0 Å². The molecule has 3 rings (SSSR count). The Morgan fingerprint density at radius 3 is 2.38 bits per heavy atom. The molecular formula is C12H16O. The zero-order chi connectivity index (χ0) is 8.94. The first-order valence-electron chi connectivity index (χ1n) is 5.49. The van der Waals surface area contributed by atoms with Crippen molar-refractivity contribution in [2.45, 2.75) is 44.9 Å². The van der Waals surface area contributed by atoms with Crippen LogP contribution in [0.4, 0.5) is 0 Å². The van der Waals surface area contributed by atoms with E-state index < -0.39 is 0 Å². The summed E-state index contributed by atoms with van der Waals surface area (Å²) in [5, 5.41) is 0. The summed E-state index contributed by atoms with van der Waals surface area (Å²) < 4.78 is 0. The summed E-state index contributed by atoms with van der Waals surface area (Å²) in [4.78, 5) is 11.5. The number of allylic oxidation sites excluding steroid dienone is 2. The molecule has 2 unspecified atom stereocenters. The van der Waals surface area contributed by atoms with Crippen LogP contribution in [0.1, 0.15) is 44.9 Å². The van der Waals surface area contributed by atoms with Crippen molar-refractivity contribution in [3.63, 3.8) is 0 Å². The molecule has 13 heavy (non-hydrogen) atoms. The summed E-state index contributed by atoms with van der Waals surface area (Å²) in [7, 11) is 0. The standard InChI is InChI=1S/C12H16O/c13-10-3-6-11-4-1-2-5-12(11,9-10)8-7-11/h7-8H,1-6,9H2. The molecule has 1 nitrogen and oxygen atoms in total. The number of carbonyl (C=O) groups is 1. The number of Topliss-reactive ketones (excluding diaryl/α,β-unsaturated/α-hetero) is 1. The van der Waals surface area contributed by atoms with Crippen LogP contribution in [0.3, 0.4) is 0 Å². The third kappa shape index (κ3) is 0.806. The average Bonchev–Trinajstić information content (AvgIpc) is 2.11. The van der Waals surface area contributed by atoms with Crippen LogP contribution in [0.5, 0.6) is 0 Å². The lowest BCUT2D eigenvalue weighted by atomic mass is 9.44. The van der Waals surface area contributed by atoms with E-state index in [4.69, 9.17) is 0 Å². The fourth-order valence-corrected chi connectivity index (χ4v) is 3.68. The minimum Gasteiger partial charge on any atom is -0.300 e. The lowest BCUT2D eigenvalue weighted by Crippen LogP contribution is -2.52. The fourth-order valence-electron chi connectivity index (χ4n) is 3.68. The summed E-state index contributed by atoms with van der Waals surface area (Å²) in [6, 6.07) is 0. The topological polar surface area (TPSA) is 17.1 Å². The SMILES string of the molecule is O=C1CCC23C=CC2(CCCC3)C1. The van der Waals surface area contributed by atoms with E-state index in [1.54, 1.807) is 0 Å². The van der Waals surface area contributed by atoms with Gasteiger partial charge < -0.3 is 0 Å². The van der Waals surface area contributed by atoms with Gasteiger partial charge >= 0.3 is 0 Å². The summed E-state index contributed by atoms with van der Waals surface area (Å²) in [6.07, 6.45) is 12.9. The normalized spacial score (nSPS) is 47.8. The van der Waals surface area contributed by atoms with Crippen LogP contribution in [0.25, 0.3) is 0 Å². The first-order valence-corrected chi connectivity index (χ1v) is 5.49. The van der Waals surface area contributed by atoms with Crippen molar-refractivity contribution in [3.8, 4) is 0 Å². The third-order valence-electron chi connectivity index (χ3n) is 4.57. The molecule has 0 spiro atoms. The first kappa shape index (κ1) is 7.78. The lowest BCUT2D eigenvalue weighted by Gasteiger charge is -2.59. The van der Waals surface area contributed by atoms with Crippen molar-refractivity contribution in [3.05, 3.63) is 12.2 Å². The van der Waals surface area contributed by atoms with Gasteiger partial charge in [0, 0.05) is 18.3 Å². The molecule has 0 heterocycles. The quantitative estimate of drug-likeness (QED) is 0.519. The predicted octanol–water partition coefficient (Wildman–Crippen LogP) is 2.86. The Hall–Kier alpha value is -0.590. The summed E-state index contributed by atoms with van der Waals surface area (Å²) in [5.41, 5.74) is 0.805. The molecule has 0 radical (unpaired) electrons. The first-order chi connectivity index (χ1) is 6.27. The van der Waals surface area contributed by atoms with E-state index in [9.17, 15) is 4.79 Å². The molecule has 2 atom stereocenters. The van der Waals surface area contributed by atoms with E-state index in [0.717, 1.165) is 19.3 Å². The Labute approximate surface area is 79.2 Å². The van der Waals surface area contributed by atoms with Crippen LogP contribution in [0.2, 0.25) is 0 Å². The van der Waals surface area contributed by atoms with Crippen molar-refractivity contribution >= 4 is 5.78 Å². The predicted molar refractivity (Wildman–Crippen MR) is 51.3 cm³/mol. The number of hydrogen-bond acceptors (Lipinski definition) is 1. The largest absolute Gasteiger partial charge is 0.300 e. The Morgan fingerprint density at radius 1 is 1.00 bits per heavy atom. The van der Waals surface area contributed by atoms with Gasteiger partial charge in [0.25, 0.3) is 0 Å². The molecule has 0 aromatic heterocycles. The second-order valence-corrected chi connectivity index (χ2v) is 5.07. The second-order valence-electron chi connectivity index (χ2n) is 5.07. The molecule has 1 heteroatoms. The van der Waals surface area contributed by atoms with Crippen LogP contribution >= 0.6 is 0 Å². The van der Waals surface area contributed by atoms with Gasteiger partial charge in [-0.3, -0.25) is 4.79 Å². The molecule has 0 aromatic rings. The van der Waals surface area contributed by atoms with Crippen molar-refractivity contribution < 1.29 is 4.79 Å². The smallest absolute Gasteiger partial charge is 0.133 e. The van der Waals surface area contributed by atoms with Gasteiger partial charge in [-0.25, -0.2) is 0 Å². The molecule has 2 saturated carbocycles. The molecule has 0 saturated heterocycles. The zero-order valence-corrected chi connectivity index (χ0v) is 8.01. The lowest BCUT2D eigenvalue weighted by molar-refractivity contribution is -0.130. The Bertz CT molecular complexity index is 291. The van der Waals surface area contributed by atoms with Gasteiger partial charge in [0.1, 0.15) is 5.78 Å². The molecule has 0 aliphatic heterocycles. The molecule has 2 fully saturated rings. The number of rotatable bonds is 0. The highest BCUT2D eigenvalue weighted by Crippen LogP contribution is 2.65. The highest BCUT2D eigenvalue weighted by molar-refractivity contribution is 5.81. The van der Waals surface area contributed by atoms with Gasteiger partial charge in [-0.1, -0.05) is 25.0 Å².